The number of anilines is 1. The first-order chi connectivity index (χ1) is 13.3. The maximum absolute atomic E-state index is 6.01. The van der Waals surface area contributed by atoms with Crippen molar-refractivity contribution >= 4 is 35.6 Å². The van der Waals surface area contributed by atoms with Crippen LogP contribution in [0.5, 0.6) is 11.5 Å². The number of aliphatic imine (C=N–C) groups is 1. The molecule has 1 aliphatic rings. The highest BCUT2D eigenvalue weighted by Gasteiger charge is 2.10. The standard InChI is InChI=1S/C19H20N6O2.HI/c20-19(24-15-4-7-17-18(10-15)27-9-1-8-26-17)22-11-14-2-5-16(6-3-14)25-13-21-12-23-25;/h2-7,10,12-13H,1,8-9,11H2,(H3,20,22,24);1H. The normalized spacial score (nSPS) is 13.4. The van der Waals surface area contributed by atoms with Gasteiger partial charge in [0.15, 0.2) is 17.5 Å². The van der Waals surface area contributed by atoms with Crippen LogP contribution in [0.15, 0.2) is 60.1 Å². The minimum Gasteiger partial charge on any atom is -0.490 e. The van der Waals surface area contributed by atoms with Gasteiger partial charge in [-0.3, -0.25) is 0 Å². The highest BCUT2D eigenvalue weighted by molar-refractivity contribution is 14.0. The summed E-state index contributed by atoms with van der Waals surface area (Å²) in [5.74, 6) is 1.81. The average Bonchev–Trinajstić information content (AvgIpc) is 3.13. The lowest BCUT2D eigenvalue weighted by molar-refractivity contribution is 0.297. The molecule has 146 valence electrons. The molecule has 0 amide bonds. The van der Waals surface area contributed by atoms with Crippen molar-refractivity contribution in [1.82, 2.24) is 14.8 Å². The monoisotopic (exact) mass is 492 g/mol. The van der Waals surface area contributed by atoms with Gasteiger partial charge in [0.05, 0.1) is 25.4 Å². The Balaban J connectivity index is 0.00000225. The molecule has 0 atom stereocenters. The molecule has 3 aromatic rings. The summed E-state index contributed by atoms with van der Waals surface area (Å²) in [4.78, 5) is 8.33. The summed E-state index contributed by atoms with van der Waals surface area (Å²) in [5.41, 5.74) is 8.81. The van der Waals surface area contributed by atoms with E-state index in [1.165, 1.54) is 6.33 Å². The predicted molar refractivity (Wildman–Crippen MR) is 118 cm³/mol. The fourth-order valence-electron chi connectivity index (χ4n) is 2.70. The Bertz CT molecular complexity index is 928. The minimum atomic E-state index is 0. The number of hydrogen-bond acceptors (Lipinski definition) is 5. The Labute approximate surface area is 179 Å². The second-order valence-electron chi connectivity index (χ2n) is 6.04. The van der Waals surface area contributed by atoms with Crippen molar-refractivity contribution in [2.45, 2.75) is 13.0 Å². The molecule has 28 heavy (non-hydrogen) atoms. The smallest absolute Gasteiger partial charge is 0.193 e. The van der Waals surface area contributed by atoms with Crippen LogP contribution in [0, 0.1) is 0 Å². The molecule has 8 nitrogen and oxygen atoms in total. The van der Waals surface area contributed by atoms with Gasteiger partial charge in [0.2, 0.25) is 0 Å². The molecule has 0 unspecified atom stereocenters. The third kappa shape index (κ3) is 4.91. The van der Waals surface area contributed by atoms with E-state index in [1.807, 2.05) is 42.5 Å². The quantitative estimate of drug-likeness (QED) is 0.330. The SMILES string of the molecule is I.NC(=NCc1ccc(-n2cncn2)cc1)Nc1ccc2c(c1)OCCCO2. The Morgan fingerprint density at radius 1 is 1.11 bits per heavy atom. The molecule has 1 aromatic heterocycles. The van der Waals surface area contributed by atoms with Gasteiger partial charge in [0.25, 0.3) is 0 Å². The summed E-state index contributed by atoms with van der Waals surface area (Å²) in [5, 5.41) is 7.19. The van der Waals surface area contributed by atoms with E-state index in [1.54, 1.807) is 11.0 Å². The van der Waals surface area contributed by atoms with Crippen molar-refractivity contribution in [3.05, 3.63) is 60.7 Å². The van der Waals surface area contributed by atoms with E-state index in [0.717, 1.165) is 29.1 Å². The largest absolute Gasteiger partial charge is 0.490 e. The third-order valence-electron chi connectivity index (χ3n) is 4.07. The molecule has 0 bridgehead atoms. The van der Waals surface area contributed by atoms with Gasteiger partial charge in [-0.2, -0.15) is 5.10 Å². The van der Waals surface area contributed by atoms with Crippen LogP contribution < -0.4 is 20.5 Å². The lowest BCUT2D eigenvalue weighted by Crippen LogP contribution is -2.22. The molecule has 4 rings (SSSR count). The van der Waals surface area contributed by atoms with Gasteiger partial charge >= 0.3 is 0 Å². The van der Waals surface area contributed by atoms with Crippen LogP contribution in [0.2, 0.25) is 0 Å². The van der Waals surface area contributed by atoms with Crippen molar-refractivity contribution in [2.75, 3.05) is 18.5 Å². The molecule has 1 aliphatic heterocycles. The molecule has 0 saturated heterocycles. The number of nitrogens with zero attached hydrogens (tertiary/aromatic N) is 4. The van der Waals surface area contributed by atoms with Crippen molar-refractivity contribution < 1.29 is 9.47 Å². The number of ether oxygens (including phenoxy) is 2. The van der Waals surface area contributed by atoms with Crippen molar-refractivity contribution in [3.63, 3.8) is 0 Å². The maximum Gasteiger partial charge on any atom is 0.193 e. The van der Waals surface area contributed by atoms with E-state index in [-0.39, 0.29) is 24.0 Å². The predicted octanol–water partition coefficient (Wildman–Crippen LogP) is 2.97. The second-order valence-corrected chi connectivity index (χ2v) is 6.04. The molecule has 0 saturated carbocycles. The van der Waals surface area contributed by atoms with E-state index in [0.29, 0.717) is 31.5 Å². The number of benzene rings is 2. The fourth-order valence-corrected chi connectivity index (χ4v) is 2.70. The number of halogens is 1. The summed E-state index contributed by atoms with van der Waals surface area (Å²) in [6, 6.07) is 13.5. The molecule has 2 heterocycles. The Morgan fingerprint density at radius 2 is 1.89 bits per heavy atom. The van der Waals surface area contributed by atoms with Crippen LogP contribution in [0.25, 0.3) is 5.69 Å². The number of nitrogens with one attached hydrogen (secondary N) is 1. The molecular weight excluding hydrogens is 471 g/mol. The summed E-state index contributed by atoms with van der Waals surface area (Å²) < 4.78 is 13.0. The van der Waals surface area contributed by atoms with Crippen LogP contribution in [0.1, 0.15) is 12.0 Å². The van der Waals surface area contributed by atoms with Crippen LogP contribution >= 0.6 is 24.0 Å². The number of guanidine groups is 1. The van der Waals surface area contributed by atoms with Crippen molar-refractivity contribution in [3.8, 4) is 17.2 Å². The lowest BCUT2D eigenvalue weighted by Gasteiger charge is -2.10. The molecule has 0 radical (unpaired) electrons. The van der Waals surface area contributed by atoms with Gasteiger partial charge in [-0.1, -0.05) is 12.1 Å². The van der Waals surface area contributed by atoms with Gasteiger partial charge in [0.1, 0.15) is 12.7 Å². The van der Waals surface area contributed by atoms with E-state index >= 15 is 0 Å². The number of hydrogen-bond donors (Lipinski definition) is 2. The Hall–Kier alpha value is -2.82. The summed E-state index contributed by atoms with van der Waals surface area (Å²) in [6.07, 6.45) is 4.03. The molecule has 0 aliphatic carbocycles. The van der Waals surface area contributed by atoms with E-state index in [9.17, 15) is 0 Å². The third-order valence-corrected chi connectivity index (χ3v) is 4.07. The van der Waals surface area contributed by atoms with Crippen LogP contribution in [0.3, 0.4) is 0 Å². The van der Waals surface area contributed by atoms with Crippen LogP contribution in [-0.4, -0.2) is 33.9 Å². The minimum absolute atomic E-state index is 0. The van der Waals surface area contributed by atoms with E-state index in [2.05, 4.69) is 20.4 Å². The maximum atomic E-state index is 6.01. The molecule has 0 fully saturated rings. The van der Waals surface area contributed by atoms with Crippen LogP contribution in [-0.2, 0) is 6.54 Å². The van der Waals surface area contributed by atoms with E-state index in [4.69, 9.17) is 15.2 Å². The number of rotatable bonds is 4. The summed E-state index contributed by atoms with van der Waals surface area (Å²) in [7, 11) is 0. The zero-order chi connectivity index (χ0) is 18.5. The average molecular weight is 492 g/mol. The first kappa shape index (κ1) is 19.9. The second kappa shape index (κ2) is 9.40. The first-order valence-corrected chi connectivity index (χ1v) is 8.68. The van der Waals surface area contributed by atoms with Gasteiger partial charge in [-0.25, -0.2) is 14.7 Å². The molecular formula is C19H21IN6O2. The van der Waals surface area contributed by atoms with Crippen LogP contribution in [0.4, 0.5) is 5.69 Å². The number of fused-ring (bicyclic) bond motifs is 1. The highest BCUT2D eigenvalue weighted by atomic mass is 127. The first-order valence-electron chi connectivity index (χ1n) is 8.68. The summed E-state index contributed by atoms with van der Waals surface area (Å²) in [6.45, 7) is 1.78. The molecule has 3 N–H and O–H groups in total. The Kier molecular flexibility index (Phi) is 6.69. The van der Waals surface area contributed by atoms with Gasteiger partial charge in [0, 0.05) is 18.2 Å². The molecule has 2 aromatic carbocycles. The van der Waals surface area contributed by atoms with Gasteiger partial charge < -0.3 is 20.5 Å². The zero-order valence-electron chi connectivity index (χ0n) is 15.1. The molecule has 0 spiro atoms. The van der Waals surface area contributed by atoms with E-state index < -0.39 is 0 Å². The number of nitrogens with two attached hydrogens (primary N) is 1. The lowest BCUT2D eigenvalue weighted by atomic mass is 10.2. The number of aromatic nitrogens is 3. The fraction of sp³-hybridized carbons (Fsp3) is 0.211. The van der Waals surface area contributed by atoms with Gasteiger partial charge in [-0.05, 0) is 29.8 Å². The highest BCUT2D eigenvalue weighted by Crippen LogP contribution is 2.32. The van der Waals surface area contributed by atoms with Gasteiger partial charge in [-0.15, -0.1) is 24.0 Å². The molecule has 9 heteroatoms. The topological polar surface area (TPSA) is 99.6 Å². The Morgan fingerprint density at radius 3 is 2.64 bits per heavy atom. The van der Waals surface area contributed by atoms with Crippen molar-refractivity contribution in [2.24, 2.45) is 10.7 Å². The summed E-state index contributed by atoms with van der Waals surface area (Å²) >= 11 is 0. The van der Waals surface area contributed by atoms with Crippen molar-refractivity contribution in [1.29, 1.82) is 0 Å². The zero-order valence-corrected chi connectivity index (χ0v) is 17.4.